The van der Waals surface area contributed by atoms with Crippen LogP contribution in [0.5, 0.6) is 5.75 Å². The van der Waals surface area contributed by atoms with Crippen molar-refractivity contribution in [3.63, 3.8) is 0 Å². The van der Waals surface area contributed by atoms with Crippen LogP contribution in [0.2, 0.25) is 0 Å². The number of aromatic amines is 1. The van der Waals surface area contributed by atoms with Gasteiger partial charge in [0.15, 0.2) is 0 Å². The molecular weight excluding hydrogens is 416 g/mol. The average Bonchev–Trinajstić information content (AvgIpc) is 2.78. The second kappa shape index (κ2) is 8.69. The van der Waals surface area contributed by atoms with Gasteiger partial charge in [-0.15, -0.1) is 0 Å². The fourth-order valence-corrected chi connectivity index (χ4v) is 4.04. The van der Waals surface area contributed by atoms with E-state index in [2.05, 4.69) is 20.6 Å². The molecule has 2 aliphatic heterocycles. The monoisotopic (exact) mass is 440 g/mol. The van der Waals surface area contributed by atoms with Gasteiger partial charge in [-0.25, -0.2) is 0 Å². The number of nitrogens with two attached hydrogens (primary N) is 1. The highest BCUT2D eigenvalue weighted by molar-refractivity contribution is 6.04. The minimum Gasteiger partial charge on any atom is -0.497 e. The molecule has 1 aromatic carbocycles. The Morgan fingerprint density at radius 3 is 2.69 bits per heavy atom. The number of primary amides is 1. The number of ether oxygens (including phenoxy) is 1. The van der Waals surface area contributed by atoms with E-state index < -0.39 is 23.3 Å². The summed E-state index contributed by atoms with van der Waals surface area (Å²) in [7, 11) is 1.52. The van der Waals surface area contributed by atoms with E-state index in [9.17, 15) is 19.2 Å². The highest BCUT2D eigenvalue weighted by Gasteiger charge is 2.35. The number of piperidine rings is 1. The maximum atomic E-state index is 12.9. The van der Waals surface area contributed by atoms with Crippen molar-refractivity contribution in [2.75, 3.05) is 35.7 Å². The fourth-order valence-electron chi connectivity index (χ4n) is 4.04. The lowest BCUT2D eigenvalue weighted by Crippen LogP contribution is -2.41. The van der Waals surface area contributed by atoms with E-state index in [0.29, 0.717) is 37.4 Å². The number of hydrogen-bond acceptors (Lipinski definition) is 7. The molecule has 0 unspecified atom stereocenters. The summed E-state index contributed by atoms with van der Waals surface area (Å²) in [6, 6.07) is 6.79. The topological polar surface area (TPSA) is 160 Å². The van der Waals surface area contributed by atoms with Crippen molar-refractivity contribution in [1.82, 2.24) is 9.97 Å². The molecule has 32 heavy (non-hydrogen) atoms. The van der Waals surface area contributed by atoms with Gasteiger partial charge in [0.2, 0.25) is 23.7 Å². The average molecular weight is 440 g/mol. The number of aromatic nitrogens is 2. The molecule has 1 aromatic heterocycles. The number of nitrogens with zero attached hydrogens (tertiary/aromatic N) is 2. The predicted octanol–water partition coefficient (Wildman–Crippen LogP) is 0.545. The zero-order valence-electron chi connectivity index (χ0n) is 17.5. The SMILES string of the molecule is COc1cccc(NC(=O)[C@H]2CC(=O)Nc3nc(N4CCC(C(N)=O)CC4)[nH]c(=O)c32)c1. The first-order valence-electron chi connectivity index (χ1n) is 10.3. The lowest BCUT2D eigenvalue weighted by molar-refractivity contribution is -0.123. The van der Waals surface area contributed by atoms with Crippen LogP contribution in [-0.4, -0.2) is 47.9 Å². The van der Waals surface area contributed by atoms with E-state index in [-0.39, 0.29) is 35.6 Å². The van der Waals surface area contributed by atoms with Crippen molar-refractivity contribution in [3.8, 4) is 5.75 Å². The summed E-state index contributed by atoms with van der Waals surface area (Å²) >= 11 is 0. The summed E-state index contributed by atoms with van der Waals surface area (Å²) in [5.74, 6) is -1.51. The van der Waals surface area contributed by atoms with Crippen LogP contribution in [0.25, 0.3) is 0 Å². The van der Waals surface area contributed by atoms with Crippen molar-refractivity contribution in [2.45, 2.75) is 25.2 Å². The summed E-state index contributed by atoms with van der Waals surface area (Å²) < 4.78 is 5.15. The minimum absolute atomic E-state index is 0.0721. The van der Waals surface area contributed by atoms with Gasteiger partial charge in [0.25, 0.3) is 5.56 Å². The van der Waals surface area contributed by atoms with Gasteiger partial charge in [0.05, 0.1) is 18.6 Å². The zero-order valence-corrected chi connectivity index (χ0v) is 17.5. The molecule has 1 atom stereocenters. The molecule has 2 aromatic rings. The van der Waals surface area contributed by atoms with Gasteiger partial charge in [-0.1, -0.05) is 6.07 Å². The lowest BCUT2D eigenvalue weighted by Gasteiger charge is -2.32. The summed E-state index contributed by atoms with van der Waals surface area (Å²) in [4.78, 5) is 58.5. The summed E-state index contributed by atoms with van der Waals surface area (Å²) in [6.07, 6.45) is 0.930. The summed E-state index contributed by atoms with van der Waals surface area (Å²) in [5, 5.41) is 5.34. The maximum absolute atomic E-state index is 12.9. The van der Waals surface area contributed by atoms with Crippen LogP contribution in [-0.2, 0) is 14.4 Å². The minimum atomic E-state index is -0.990. The molecule has 4 rings (SSSR count). The van der Waals surface area contributed by atoms with Crippen LogP contribution in [0, 0.1) is 5.92 Å². The number of nitrogens with one attached hydrogen (secondary N) is 3. The molecule has 5 N–H and O–H groups in total. The van der Waals surface area contributed by atoms with E-state index in [1.54, 1.807) is 24.3 Å². The smallest absolute Gasteiger partial charge is 0.258 e. The van der Waals surface area contributed by atoms with Gasteiger partial charge in [0.1, 0.15) is 11.6 Å². The standard InChI is InChI=1S/C21H24N6O5/c1-32-13-4-2-3-12(9-13)23-19(30)14-10-15(28)24-18-16(14)20(31)26-21(25-18)27-7-5-11(6-8-27)17(22)29/h2-4,9,11,14H,5-8,10H2,1H3,(H2,22,29)(H,23,30)(H2,24,25,26,28,31)/t14-/m0/s1. The Labute approximate surface area is 183 Å². The lowest BCUT2D eigenvalue weighted by atomic mass is 9.92. The number of amides is 3. The normalized spacial score (nSPS) is 18.5. The molecule has 11 heteroatoms. The van der Waals surface area contributed by atoms with Crippen molar-refractivity contribution >= 4 is 35.2 Å². The maximum Gasteiger partial charge on any atom is 0.258 e. The van der Waals surface area contributed by atoms with Crippen LogP contribution in [0.3, 0.4) is 0 Å². The first-order chi connectivity index (χ1) is 15.4. The van der Waals surface area contributed by atoms with Crippen LogP contribution in [0.4, 0.5) is 17.5 Å². The number of anilines is 3. The molecule has 0 aliphatic carbocycles. The van der Waals surface area contributed by atoms with Gasteiger partial charge in [0, 0.05) is 37.2 Å². The second-order valence-corrected chi connectivity index (χ2v) is 7.84. The van der Waals surface area contributed by atoms with Gasteiger partial charge >= 0.3 is 0 Å². The van der Waals surface area contributed by atoms with Gasteiger partial charge in [-0.3, -0.25) is 24.2 Å². The van der Waals surface area contributed by atoms with Gasteiger partial charge in [-0.2, -0.15) is 4.98 Å². The molecule has 0 spiro atoms. The molecule has 0 bridgehead atoms. The molecule has 11 nitrogen and oxygen atoms in total. The van der Waals surface area contributed by atoms with Crippen LogP contribution >= 0.6 is 0 Å². The second-order valence-electron chi connectivity index (χ2n) is 7.84. The Morgan fingerprint density at radius 2 is 2.00 bits per heavy atom. The van der Waals surface area contributed by atoms with Gasteiger partial charge in [-0.05, 0) is 25.0 Å². The number of methoxy groups -OCH3 is 1. The fraction of sp³-hybridized carbons (Fsp3) is 0.381. The van der Waals surface area contributed by atoms with E-state index in [1.807, 2.05) is 4.90 Å². The van der Waals surface area contributed by atoms with Crippen molar-refractivity contribution < 1.29 is 19.1 Å². The number of rotatable bonds is 5. The first kappa shape index (κ1) is 21.3. The third-order valence-corrected chi connectivity index (χ3v) is 5.79. The molecule has 0 saturated carbocycles. The van der Waals surface area contributed by atoms with Crippen molar-refractivity contribution in [1.29, 1.82) is 0 Å². The largest absolute Gasteiger partial charge is 0.497 e. The number of H-pyrrole nitrogens is 1. The third kappa shape index (κ3) is 4.27. The number of carbonyl (C=O) groups is 3. The predicted molar refractivity (Wildman–Crippen MR) is 117 cm³/mol. The Hall–Kier alpha value is -3.89. The van der Waals surface area contributed by atoms with E-state index >= 15 is 0 Å². The van der Waals surface area contributed by atoms with Crippen molar-refractivity contribution in [2.24, 2.45) is 11.7 Å². The quantitative estimate of drug-likeness (QED) is 0.528. The molecule has 3 amide bonds. The van der Waals surface area contributed by atoms with Crippen LogP contribution in [0.15, 0.2) is 29.1 Å². The Kier molecular flexibility index (Phi) is 5.80. The molecule has 168 valence electrons. The molecule has 0 radical (unpaired) electrons. The zero-order chi connectivity index (χ0) is 22.8. The Balaban J connectivity index is 1.58. The van der Waals surface area contributed by atoms with Gasteiger partial charge < -0.3 is 26.0 Å². The highest BCUT2D eigenvalue weighted by Crippen LogP contribution is 2.31. The molecule has 2 aliphatic rings. The Morgan fingerprint density at radius 1 is 1.25 bits per heavy atom. The Bertz CT molecular complexity index is 1120. The third-order valence-electron chi connectivity index (χ3n) is 5.79. The number of fused-ring (bicyclic) bond motifs is 1. The molecule has 3 heterocycles. The van der Waals surface area contributed by atoms with Crippen molar-refractivity contribution in [3.05, 3.63) is 40.2 Å². The molecular formula is C21H24N6O5. The molecule has 1 fully saturated rings. The van der Waals surface area contributed by atoms with Crippen LogP contribution < -0.4 is 31.6 Å². The number of benzene rings is 1. The highest BCUT2D eigenvalue weighted by atomic mass is 16.5. The van der Waals surface area contributed by atoms with E-state index in [4.69, 9.17) is 10.5 Å². The number of hydrogen-bond donors (Lipinski definition) is 4. The summed E-state index contributed by atoms with van der Waals surface area (Å²) in [5.41, 5.74) is 5.48. The first-order valence-corrected chi connectivity index (χ1v) is 10.3. The van der Waals surface area contributed by atoms with Crippen LogP contribution in [0.1, 0.15) is 30.7 Å². The van der Waals surface area contributed by atoms with E-state index in [1.165, 1.54) is 7.11 Å². The van der Waals surface area contributed by atoms with E-state index in [0.717, 1.165) is 0 Å². The summed E-state index contributed by atoms with van der Waals surface area (Å²) in [6.45, 7) is 0.978. The molecule has 1 saturated heterocycles. The number of carbonyl (C=O) groups excluding carboxylic acids is 3.